The number of aromatic nitrogens is 4. The highest BCUT2D eigenvalue weighted by Gasteiger charge is 2.28. The highest BCUT2D eigenvalue weighted by atomic mass is 19.1. The number of benzene rings is 2. The van der Waals surface area contributed by atoms with Crippen molar-refractivity contribution in [3.8, 4) is 17.0 Å². The van der Waals surface area contributed by atoms with Crippen molar-refractivity contribution in [1.82, 2.24) is 19.7 Å². The molecule has 40 heavy (non-hydrogen) atoms. The summed E-state index contributed by atoms with van der Waals surface area (Å²) in [4.78, 5) is 22.5. The molecule has 9 heteroatoms. The van der Waals surface area contributed by atoms with E-state index in [1.54, 1.807) is 35.0 Å². The van der Waals surface area contributed by atoms with Crippen LogP contribution in [-0.4, -0.2) is 32.0 Å². The first-order valence-corrected chi connectivity index (χ1v) is 13.1. The minimum Gasteiger partial charge on any atom is -0.491 e. The number of nitrogens with two attached hydrogens (primary N) is 1. The minimum absolute atomic E-state index is 0.0454. The molecule has 0 saturated heterocycles. The van der Waals surface area contributed by atoms with E-state index in [-0.39, 0.29) is 23.8 Å². The Morgan fingerprint density at radius 2 is 1.88 bits per heavy atom. The summed E-state index contributed by atoms with van der Waals surface area (Å²) in [5.74, 6) is 1.39. The van der Waals surface area contributed by atoms with Crippen molar-refractivity contribution in [2.45, 2.75) is 45.5 Å². The molecular weight excluding hydrogens is 509 g/mol. The maximum absolute atomic E-state index is 14.4. The molecule has 0 aliphatic heterocycles. The molecule has 202 valence electrons. The number of ether oxygens (including phenoxy) is 1. The Hall–Kier alpha value is -4.79. The number of nitrogens with zero attached hydrogens (tertiary/aromatic N) is 4. The van der Waals surface area contributed by atoms with Gasteiger partial charge in [0.2, 0.25) is 5.43 Å². The Kier molecular flexibility index (Phi) is 6.42. The molecule has 3 aromatic heterocycles. The van der Waals surface area contributed by atoms with Crippen LogP contribution in [0.1, 0.15) is 44.6 Å². The van der Waals surface area contributed by atoms with Gasteiger partial charge in [0.1, 0.15) is 47.1 Å². The van der Waals surface area contributed by atoms with Gasteiger partial charge < -0.3 is 14.9 Å². The van der Waals surface area contributed by atoms with Gasteiger partial charge in [-0.1, -0.05) is 30.4 Å². The third kappa shape index (κ3) is 4.43. The van der Waals surface area contributed by atoms with Gasteiger partial charge in [-0.3, -0.25) is 4.79 Å². The van der Waals surface area contributed by atoms with Crippen LogP contribution in [0.15, 0.2) is 82.3 Å². The van der Waals surface area contributed by atoms with E-state index in [1.165, 1.54) is 12.4 Å². The number of halogens is 1. The van der Waals surface area contributed by atoms with Gasteiger partial charge in [-0.15, -0.1) is 0 Å². The van der Waals surface area contributed by atoms with E-state index in [0.717, 1.165) is 11.3 Å². The van der Waals surface area contributed by atoms with Crippen LogP contribution in [0.25, 0.3) is 38.8 Å². The Morgan fingerprint density at radius 1 is 1.10 bits per heavy atom. The van der Waals surface area contributed by atoms with E-state index < -0.39 is 12.2 Å². The molecule has 1 unspecified atom stereocenters. The van der Waals surface area contributed by atoms with Gasteiger partial charge in [-0.25, -0.2) is 19.0 Å². The number of fused-ring (bicyclic) bond motifs is 2. The summed E-state index contributed by atoms with van der Waals surface area (Å²) in [7, 11) is 0. The highest BCUT2D eigenvalue weighted by Crippen LogP contribution is 2.37. The number of para-hydroxylation sites is 1. The number of alkyl halides is 1. The molecular formula is C31H28FN5O3. The quantitative estimate of drug-likeness (QED) is 0.272. The van der Waals surface area contributed by atoms with Gasteiger partial charge in [0.25, 0.3) is 0 Å². The first kappa shape index (κ1) is 25.5. The maximum atomic E-state index is 14.4. The zero-order valence-electron chi connectivity index (χ0n) is 22.3. The molecule has 2 atom stereocenters. The van der Waals surface area contributed by atoms with Crippen LogP contribution < -0.4 is 15.9 Å². The van der Waals surface area contributed by atoms with E-state index in [4.69, 9.17) is 20.0 Å². The molecule has 0 radical (unpaired) electrons. The summed E-state index contributed by atoms with van der Waals surface area (Å²) in [6.07, 6.45) is 5.18. The van der Waals surface area contributed by atoms with Crippen LogP contribution in [-0.2, 0) is 0 Å². The van der Waals surface area contributed by atoms with Crippen molar-refractivity contribution in [3.05, 3.63) is 94.6 Å². The monoisotopic (exact) mass is 537 g/mol. The fourth-order valence-corrected chi connectivity index (χ4v) is 5.12. The zero-order chi connectivity index (χ0) is 28.0. The zero-order valence-corrected chi connectivity index (χ0v) is 22.3. The predicted molar refractivity (Wildman–Crippen MR) is 154 cm³/mol. The van der Waals surface area contributed by atoms with E-state index in [1.807, 2.05) is 51.1 Å². The molecule has 0 spiro atoms. The molecule has 0 amide bonds. The Balaban J connectivity index is 1.55. The summed E-state index contributed by atoms with van der Waals surface area (Å²) in [5.41, 5.74) is 9.34. The maximum Gasteiger partial charge on any atom is 0.200 e. The van der Waals surface area contributed by atoms with Crippen molar-refractivity contribution in [2.24, 2.45) is 0 Å². The average Bonchev–Trinajstić information content (AvgIpc) is 3.34. The van der Waals surface area contributed by atoms with Gasteiger partial charge in [-0.05, 0) is 62.7 Å². The van der Waals surface area contributed by atoms with E-state index in [0.29, 0.717) is 44.6 Å². The Morgan fingerprint density at radius 3 is 2.62 bits per heavy atom. The predicted octanol–water partition coefficient (Wildman–Crippen LogP) is 6.26. The van der Waals surface area contributed by atoms with E-state index in [9.17, 15) is 9.18 Å². The first-order valence-electron chi connectivity index (χ1n) is 13.1. The lowest BCUT2D eigenvalue weighted by Crippen LogP contribution is -2.19. The summed E-state index contributed by atoms with van der Waals surface area (Å²) in [6.45, 7) is 5.81. The average molecular weight is 538 g/mol. The van der Waals surface area contributed by atoms with Gasteiger partial charge in [-0.2, -0.15) is 5.10 Å². The van der Waals surface area contributed by atoms with Gasteiger partial charge in [0.05, 0.1) is 22.4 Å². The number of anilines is 1. The lowest BCUT2D eigenvalue weighted by Gasteiger charge is -2.20. The van der Waals surface area contributed by atoms with Gasteiger partial charge in [0.15, 0.2) is 5.65 Å². The molecule has 5 aromatic rings. The highest BCUT2D eigenvalue weighted by molar-refractivity contribution is 5.98. The van der Waals surface area contributed by atoms with Crippen LogP contribution in [0.3, 0.4) is 0 Å². The first-order chi connectivity index (χ1) is 19.3. The summed E-state index contributed by atoms with van der Waals surface area (Å²) < 4.78 is 28.3. The fraction of sp³-hybridized carbons (Fsp3) is 0.226. The van der Waals surface area contributed by atoms with Crippen molar-refractivity contribution < 1.29 is 13.5 Å². The van der Waals surface area contributed by atoms with Crippen LogP contribution in [0, 0.1) is 0 Å². The van der Waals surface area contributed by atoms with E-state index >= 15 is 0 Å². The molecule has 0 saturated carbocycles. The second-order valence-corrected chi connectivity index (χ2v) is 10.1. The second kappa shape index (κ2) is 10.1. The third-order valence-corrected chi connectivity index (χ3v) is 6.94. The lowest BCUT2D eigenvalue weighted by atomic mass is 9.92. The van der Waals surface area contributed by atoms with Crippen LogP contribution >= 0.6 is 0 Å². The number of rotatable bonds is 6. The molecule has 2 N–H and O–H groups in total. The summed E-state index contributed by atoms with van der Waals surface area (Å²) >= 11 is 0. The molecule has 3 heterocycles. The van der Waals surface area contributed by atoms with Gasteiger partial charge >= 0.3 is 0 Å². The van der Waals surface area contributed by atoms with Crippen LogP contribution in [0.2, 0.25) is 0 Å². The lowest BCUT2D eigenvalue weighted by molar-refractivity contribution is 0.242. The molecule has 6 rings (SSSR count). The molecule has 8 nitrogen and oxygen atoms in total. The Labute approximate surface area is 229 Å². The van der Waals surface area contributed by atoms with Crippen molar-refractivity contribution in [3.63, 3.8) is 0 Å². The number of hydrogen-bond donors (Lipinski definition) is 1. The number of allylic oxidation sites excluding steroid dienone is 4. The Bertz CT molecular complexity index is 1850. The SMILES string of the molecule is CC(C)Oc1ccc(-c2nn(C(C)c3oc4ccccc4c(=O)c3C3=CC=C[C@H](F)C3)c3ncnc(N)c23)cc1. The number of hydrogen-bond acceptors (Lipinski definition) is 7. The van der Waals surface area contributed by atoms with Crippen molar-refractivity contribution >= 4 is 33.4 Å². The van der Waals surface area contributed by atoms with Crippen LogP contribution in [0.5, 0.6) is 5.75 Å². The normalized spacial score (nSPS) is 16.0. The third-order valence-electron chi connectivity index (χ3n) is 6.94. The van der Waals surface area contributed by atoms with Gasteiger partial charge in [0, 0.05) is 12.0 Å². The van der Waals surface area contributed by atoms with Crippen molar-refractivity contribution in [1.29, 1.82) is 0 Å². The van der Waals surface area contributed by atoms with E-state index in [2.05, 4.69) is 9.97 Å². The molecule has 1 aliphatic rings. The molecule has 1 aliphatic carbocycles. The largest absolute Gasteiger partial charge is 0.491 e. The molecule has 0 fully saturated rings. The standard InChI is InChI=1S/C31H28FN5O3/c1-17(2)39-22-13-11-19(12-14-22)27-26-30(33)34-16-35-31(26)37(36-27)18(3)29-25(20-7-6-8-21(32)15-20)28(38)23-9-4-5-10-24(23)40-29/h4-14,16-18,21H,15H2,1-3H3,(H2,33,34,35)/t18?,21-/m0/s1. The fourth-order valence-electron chi connectivity index (χ4n) is 5.12. The summed E-state index contributed by atoms with van der Waals surface area (Å²) in [5, 5.41) is 5.94. The van der Waals surface area contributed by atoms with Crippen LogP contribution in [0.4, 0.5) is 10.2 Å². The summed E-state index contributed by atoms with van der Waals surface area (Å²) in [6, 6.07) is 14.0. The minimum atomic E-state index is -1.19. The van der Waals surface area contributed by atoms with Crippen molar-refractivity contribution in [2.75, 3.05) is 5.73 Å². The second-order valence-electron chi connectivity index (χ2n) is 10.1. The number of nitrogen functional groups attached to an aromatic ring is 1. The molecule has 2 aromatic carbocycles. The topological polar surface area (TPSA) is 109 Å². The molecule has 0 bridgehead atoms. The smallest absolute Gasteiger partial charge is 0.200 e.